The van der Waals surface area contributed by atoms with Crippen LogP contribution in [0, 0.1) is 0 Å². The van der Waals surface area contributed by atoms with Crippen molar-refractivity contribution >= 4 is 16.3 Å². The Labute approximate surface area is 325 Å². The van der Waals surface area contributed by atoms with Gasteiger partial charge in [0.25, 0.3) is 0 Å². The molecule has 1 saturated heterocycles. The number of rotatable bonds is 34. The summed E-state index contributed by atoms with van der Waals surface area (Å²) >= 11 is 0. The fraction of sp³-hybridized carbons (Fsp3) is 0.875. The molecule has 0 bridgehead atoms. The lowest BCUT2D eigenvalue weighted by Gasteiger charge is -2.41. The molecular formula is C40H75NO12S. The first kappa shape index (κ1) is 50.6. The van der Waals surface area contributed by atoms with Crippen molar-refractivity contribution in [2.45, 2.75) is 210 Å². The summed E-state index contributed by atoms with van der Waals surface area (Å²) in [5, 5.41) is 54.9. The van der Waals surface area contributed by atoms with Gasteiger partial charge in [-0.05, 0) is 32.1 Å². The average molecular weight is 794 g/mol. The Kier molecular flexibility index (Phi) is 29.6. The first-order chi connectivity index (χ1) is 25.9. The van der Waals surface area contributed by atoms with E-state index in [2.05, 4.69) is 35.5 Å². The van der Waals surface area contributed by atoms with Gasteiger partial charge < -0.3 is 40.3 Å². The molecule has 1 aliphatic rings. The van der Waals surface area contributed by atoms with Crippen LogP contribution in [-0.2, 0) is 28.9 Å². The van der Waals surface area contributed by atoms with Crippen molar-refractivity contribution in [3.05, 3.63) is 24.3 Å². The maximum absolute atomic E-state index is 13.0. The average Bonchev–Trinajstić information content (AvgIpc) is 3.14. The van der Waals surface area contributed by atoms with Gasteiger partial charge in [-0.2, -0.15) is 8.42 Å². The van der Waals surface area contributed by atoms with Gasteiger partial charge in [0.05, 0.1) is 25.4 Å². The van der Waals surface area contributed by atoms with Crippen molar-refractivity contribution in [1.29, 1.82) is 0 Å². The van der Waals surface area contributed by atoms with Crippen LogP contribution in [0.2, 0.25) is 0 Å². The third-order valence-electron chi connectivity index (χ3n) is 9.84. The largest absolute Gasteiger partial charge is 0.397 e. The van der Waals surface area contributed by atoms with Crippen LogP contribution in [0.4, 0.5) is 0 Å². The zero-order valence-corrected chi connectivity index (χ0v) is 34.0. The molecular weight excluding hydrogens is 719 g/mol. The van der Waals surface area contributed by atoms with Crippen molar-refractivity contribution < 1.29 is 57.0 Å². The molecule has 0 saturated carbocycles. The Morgan fingerprint density at radius 1 is 0.741 bits per heavy atom. The highest BCUT2D eigenvalue weighted by Gasteiger charge is 2.48. The van der Waals surface area contributed by atoms with Gasteiger partial charge in [0.1, 0.15) is 30.5 Å². The molecule has 1 aliphatic heterocycles. The quantitative estimate of drug-likeness (QED) is 0.0229. The summed E-state index contributed by atoms with van der Waals surface area (Å²) in [7, 11) is -5.11. The van der Waals surface area contributed by atoms with Crippen molar-refractivity contribution in [3.63, 3.8) is 0 Å². The normalized spacial score (nSPS) is 22.6. The Balaban J connectivity index is 2.70. The van der Waals surface area contributed by atoms with Crippen LogP contribution in [-0.4, -0.2) is 107 Å². The number of carbonyl (C=O) groups is 1. The first-order valence-electron chi connectivity index (χ1n) is 20.8. The monoisotopic (exact) mass is 794 g/mol. The van der Waals surface area contributed by atoms with Gasteiger partial charge in [-0.3, -0.25) is 9.35 Å². The van der Waals surface area contributed by atoms with Crippen molar-refractivity contribution in [3.8, 4) is 0 Å². The van der Waals surface area contributed by atoms with Crippen molar-refractivity contribution in [2.24, 2.45) is 0 Å². The summed E-state index contributed by atoms with van der Waals surface area (Å²) < 4.78 is 47.3. The number of aliphatic hydroxyl groups is 5. The van der Waals surface area contributed by atoms with Crippen molar-refractivity contribution in [2.75, 3.05) is 13.2 Å². The highest BCUT2D eigenvalue weighted by Crippen LogP contribution is 2.26. The van der Waals surface area contributed by atoms with E-state index in [1.165, 1.54) is 96.0 Å². The van der Waals surface area contributed by atoms with Crippen LogP contribution >= 0.6 is 0 Å². The van der Waals surface area contributed by atoms with E-state index in [0.717, 1.165) is 38.5 Å². The van der Waals surface area contributed by atoms with E-state index in [1.54, 1.807) is 6.08 Å². The summed E-state index contributed by atoms with van der Waals surface area (Å²) in [6, 6.07) is -1.13. The number of unbranched alkanes of at least 4 members (excludes halogenated alkanes) is 19. The molecule has 0 aromatic carbocycles. The van der Waals surface area contributed by atoms with Gasteiger partial charge in [-0.25, -0.2) is 4.18 Å². The van der Waals surface area contributed by atoms with Gasteiger partial charge in [0.2, 0.25) is 5.91 Å². The van der Waals surface area contributed by atoms with Crippen molar-refractivity contribution in [1.82, 2.24) is 5.32 Å². The second kappa shape index (κ2) is 31.6. The van der Waals surface area contributed by atoms with Crippen LogP contribution in [0.5, 0.6) is 0 Å². The molecule has 8 unspecified atom stereocenters. The predicted molar refractivity (Wildman–Crippen MR) is 210 cm³/mol. The zero-order chi connectivity index (χ0) is 40.0. The molecule has 13 nitrogen and oxygen atoms in total. The van der Waals surface area contributed by atoms with E-state index < -0.39 is 78.5 Å². The van der Waals surface area contributed by atoms with Gasteiger partial charge >= 0.3 is 10.4 Å². The molecule has 1 fully saturated rings. The molecule has 14 heteroatoms. The van der Waals surface area contributed by atoms with Crippen LogP contribution in [0.3, 0.4) is 0 Å². The van der Waals surface area contributed by atoms with E-state index in [1.807, 2.05) is 0 Å². The Morgan fingerprint density at radius 2 is 1.24 bits per heavy atom. The molecule has 1 rings (SSSR count). The maximum Gasteiger partial charge on any atom is 0.397 e. The second-order valence-corrected chi connectivity index (χ2v) is 15.8. The van der Waals surface area contributed by atoms with Crippen LogP contribution in [0.15, 0.2) is 24.3 Å². The molecule has 0 spiro atoms. The summed E-state index contributed by atoms with van der Waals surface area (Å²) in [4.78, 5) is 13.0. The summed E-state index contributed by atoms with van der Waals surface area (Å²) in [6.45, 7) is 3.15. The topological polar surface area (TPSA) is 212 Å². The van der Waals surface area contributed by atoms with E-state index >= 15 is 0 Å². The minimum Gasteiger partial charge on any atom is -0.394 e. The fourth-order valence-corrected chi connectivity index (χ4v) is 6.98. The minimum absolute atomic E-state index is 0.239. The molecule has 8 atom stereocenters. The highest BCUT2D eigenvalue weighted by molar-refractivity contribution is 7.80. The smallest absolute Gasteiger partial charge is 0.394 e. The number of allylic oxidation sites excluding steroid dienone is 3. The predicted octanol–water partition coefficient (Wildman–Crippen LogP) is 5.96. The van der Waals surface area contributed by atoms with Gasteiger partial charge in [0, 0.05) is 0 Å². The highest BCUT2D eigenvalue weighted by atomic mass is 32.3. The molecule has 0 aromatic heterocycles. The molecule has 318 valence electrons. The van der Waals surface area contributed by atoms with Gasteiger partial charge in [0.15, 0.2) is 6.29 Å². The first-order valence-corrected chi connectivity index (χ1v) is 22.2. The number of amides is 1. The minimum atomic E-state index is -5.11. The van der Waals surface area contributed by atoms with Crippen LogP contribution < -0.4 is 5.32 Å². The number of hydrogen-bond donors (Lipinski definition) is 7. The van der Waals surface area contributed by atoms with Gasteiger partial charge in [-0.15, -0.1) is 0 Å². The third kappa shape index (κ3) is 24.2. The second-order valence-electron chi connectivity index (χ2n) is 14.7. The molecule has 54 heavy (non-hydrogen) atoms. The van der Waals surface area contributed by atoms with Crippen LogP contribution in [0.25, 0.3) is 0 Å². The molecule has 1 amide bonds. The Morgan fingerprint density at radius 3 is 1.78 bits per heavy atom. The SMILES string of the molecule is CCCCCCCCC/C=C/CC/C=C/C(O)C(COC1OC(CO)C(O)C(OS(=O)(=O)O)C1O)NC(=O)C(O)CCCCCCCCCCCCCC. The lowest BCUT2D eigenvalue weighted by Crippen LogP contribution is -2.61. The summed E-state index contributed by atoms with van der Waals surface area (Å²) in [5.41, 5.74) is 0. The van der Waals surface area contributed by atoms with Crippen LogP contribution in [0.1, 0.15) is 162 Å². The number of nitrogens with one attached hydrogen (secondary N) is 1. The molecule has 7 N–H and O–H groups in total. The van der Waals surface area contributed by atoms with E-state index in [4.69, 9.17) is 14.0 Å². The maximum atomic E-state index is 13.0. The Bertz CT molecular complexity index is 1090. The Hall–Kier alpha value is -1.46. The zero-order valence-electron chi connectivity index (χ0n) is 33.1. The number of hydrogen-bond acceptors (Lipinski definition) is 11. The van der Waals surface area contributed by atoms with E-state index in [0.29, 0.717) is 12.8 Å². The van der Waals surface area contributed by atoms with E-state index in [-0.39, 0.29) is 6.42 Å². The lowest BCUT2D eigenvalue weighted by atomic mass is 9.99. The van der Waals surface area contributed by atoms with E-state index in [9.17, 15) is 38.7 Å². The number of aliphatic hydroxyl groups excluding tert-OH is 5. The molecule has 1 heterocycles. The standard InChI is InChI=1S/C40H75NO12S/c1-3-5-7-9-11-13-15-17-19-20-22-24-26-28-33(43)32(31-51-40-37(46)38(53-54(48,49)50)36(45)35(30-42)52-40)41-39(47)34(44)29-27-25-23-21-18-16-14-12-10-8-6-4-2/h19-20,26,28,32-38,40,42-46H,3-18,21-25,27,29-31H2,1-2H3,(H,41,47)(H,48,49,50)/b20-19+,28-26+. The number of ether oxygens (including phenoxy) is 2. The molecule has 0 radical (unpaired) electrons. The summed E-state index contributed by atoms with van der Waals surface area (Å²) in [6.07, 6.45) is 21.3. The van der Waals surface area contributed by atoms with Gasteiger partial charge in [-0.1, -0.05) is 154 Å². The third-order valence-corrected chi connectivity index (χ3v) is 10.3. The lowest BCUT2D eigenvalue weighted by molar-refractivity contribution is -0.298. The molecule has 0 aliphatic carbocycles. The number of carbonyl (C=O) groups excluding carboxylic acids is 1. The molecule has 0 aromatic rings. The fourth-order valence-electron chi connectivity index (χ4n) is 6.47. The summed E-state index contributed by atoms with van der Waals surface area (Å²) in [5.74, 6) is -0.714.